The molecule has 0 heterocycles. The molecule has 4 aliphatic carbocycles. The molecule has 2 unspecified atom stereocenters. The monoisotopic (exact) mass is 300 g/mol. The van der Waals surface area contributed by atoms with Crippen LogP contribution in [0.3, 0.4) is 0 Å². The number of carbonyl (C=O) groups excluding carboxylic acids is 1. The molecular weight excluding hydrogens is 268 g/mol. The summed E-state index contributed by atoms with van der Waals surface area (Å²) in [6.45, 7) is 9.75. The topological polar surface area (TPSA) is 17.1 Å². The normalized spacial score (nSPS) is 54.3. The first-order chi connectivity index (χ1) is 10.4. The van der Waals surface area contributed by atoms with Gasteiger partial charge in [-0.25, -0.2) is 0 Å². The highest BCUT2D eigenvalue weighted by molar-refractivity contribution is 5.87. The average Bonchev–Trinajstić information content (AvgIpc) is 2.79. The van der Waals surface area contributed by atoms with Gasteiger partial charge >= 0.3 is 0 Å². The maximum absolute atomic E-state index is 12.4. The zero-order chi connectivity index (χ0) is 15.7. The van der Waals surface area contributed by atoms with E-state index in [1.165, 1.54) is 32.1 Å². The lowest BCUT2D eigenvalue weighted by atomic mass is 9.46. The van der Waals surface area contributed by atoms with Gasteiger partial charge in [0.25, 0.3) is 0 Å². The Bertz CT molecular complexity index is 532. The summed E-state index contributed by atoms with van der Waals surface area (Å²) in [7, 11) is 0. The SMILES string of the molecule is CC1CC[C@@]2(C)C(=CC[C@@H]3[C@H]2CC[C@]2(C)C(=O)CC[C@@H]32)C1C. The molecule has 0 aromatic rings. The molecule has 0 aromatic heterocycles. The van der Waals surface area contributed by atoms with Gasteiger partial charge in [-0.2, -0.15) is 0 Å². The van der Waals surface area contributed by atoms with Gasteiger partial charge in [-0.3, -0.25) is 4.79 Å². The van der Waals surface area contributed by atoms with E-state index < -0.39 is 0 Å². The second-order valence-corrected chi connectivity index (χ2v) is 9.41. The second-order valence-electron chi connectivity index (χ2n) is 9.41. The van der Waals surface area contributed by atoms with Crippen molar-refractivity contribution in [2.24, 2.45) is 40.4 Å². The summed E-state index contributed by atoms with van der Waals surface area (Å²) in [4.78, 5) is 12.4. The molecule has 7 atom stereocenters. The van der Waals surface area contributed by atoms with E-state index in [0.29, 0.717) is 17.1 Å². The van der Waals surface area contributed by atoms with Gasteiger partial charge in [0.1, 0.15) is 5.78 Å². The lowest BCUT2D eigenvalue weighted by Gasteiger charge is -2.58. The summed E-state index contributed by atoms with van der Waals surface area (Å²) in [6, 6.07) is 0. The first kappa shape index (κ1) is 15.0. The van der Waals surface area contributed by atoms with Gasteiger partial charge in [-0.05, 0) is 73.5 Å². The van der Waals surface area contributed by atoms with Crippen molar-refractivity contribution in [2.75, 3.05) is 0 Å². The Morgan fingerprint density at radius 3 is 2.45 bits per heavy atom. The Hall–Kier alpha value is -0.590. The maximum Gasteiger partial charge on any atom is 0.139 e. The first-order valence-electron chi connectivity index (χ1n) is 9.62. The molecule has 0 N–H and O–H groups in total. The molecule has 0 radical (unpaired) electrons. The number of carbonyl (C=O) groups is 1. The van der Waals surface area contributed by atoms with Crippen molar-refractivity contribution >= 4 is 5.78 Å². The summed E-state index contributed by atoms with van der Waals surface area (Å²) >= 11 is 0. The molecule has 0 amide bonds. The number of hydrogen-bond donors (Lipinski definition) is 0. The number of allylic oxidation sites excluding steroid dienone is 2. The van der Waals surface area contributed by atoms with Gasteiger partial charge in [0.2, 0.25) is 0 Å². The molecule has 0 bridgehead atoms. The quantitative estimate of drug-likeness (QED) is 0.547. The summed E-state index contributed by atoms with van der Waals surface area (Å²) in [6.07, 6.45) is 11.1. The van der Waals surface area contributed by atoms with E-state index in [4.69, 9.17) is 0 Å². The molecule has 3 saturated carbocycles. The molecule has 0 saturated heterocycles. The number of hydrogen-bond acceptors (Lipinski definition) is 1. The van der Waals surface area contributed by atoms with E-state index in [1.807, 2.05) is 0 Å². The van der Waals surface area contributed by atoms with Crippen LogP contribution in [0.5, 0.6) is 0 Å². The molecule has 0 aromatic carbocycles. The zero-order valence-corrected chi connectivity index (χ0v) is 14.8. The predicted molar refractivity (Wildman–Crippen MR) is 90.4 cm³/mol. The Morgan fingerprint density at radius 2 is 1.68 bits per heavy atom. The highest BCUT2D eigenvalue weighted by atomic mass is 16.1. The highest BCUT2D eigenvalue weighted by Gasteiger charge is 2.59. The molecule has 4 rings (SSSR count). The van der Waals surface area contributed by atoms with Crippen molar-refractivity contribution in [2.45, 2.75) is 72.6 Å². The van der Waals surface area contributed by atoms with E-state index in [0.717, 1.165) is 36.5 Å². The molecule has 4 aliphatic rings. The Labute approximate surface area is 135 Å². The van der Waals surface area contributed by atoms with Crippen molar-refractivity contribution in [3.8, 4) is 0 Å². The van der Waals surface area contributed by atoms with Crippen LogP contribution in [0.4, 0.5) is 0 Å². The smallest absolute Gasteiger partial charge is 0.139 e. The van der Waals surface area contributed by atoms with Gasteiger partial charge in [-0.1, -0.05) is 39.3 Å². The van der Waals surface area contributed by atoms with E-state index in [1.54, 1.807) is 5.57 Å². The van der Waals surface area contributed by atoms with Crippen molar-refractivity contribution < 1.29 is 4.79 Å². The average molecular weight is 300 g/mol. The van der Waals surface area contributed by atoms with Crippen LogP contribution in [0, 0.1) is 40.4 Å². The summed E-state index contributed by atoms with van der Waals surface area (Å²) < 4.78 is 0. The fraction of sp³-hybridized carbons (Fsp3) is 0.857. The van der Waals surface area contributed by atoms with Crippen molar-refractivity contribution in [1.29, 1.82) is 0 Å². The minimum absolute atomic E-state index is 0.0243. The van der Waals surface area contributed by atoms with Gasteiger partial charge in [0.05, 0.1) is 0 Å². The minimum Gasteiger partial charge on any atom is -0.299 e. The molecule has 122 valence electrons. The molecular formula is C21H32O. The third kappa shape index (κ3) is 1.74. The van der Waals surface area contributed by atoms with E-state index in [-0.39, 0.29) is 5.41 Å². The third-order valence-electron chi connectivity index (χ3n) is 8.70. The Kier molecular flexibility index (Phi) is 3.20. The predicted octanol–water partition coefficient (Wildman–Crippen LogP) is 5.40. The van der Waals surface area contributed by atoms with Crippen LogP contribution < -0.4 is 0 Å². The first-order valence-corrected chi connectivity index (χ1v) is 9.62. The number of rotatable bonds is 0. The fourth-order valence-electron chi connectivity index (χ4n) is 7.01. The number of fused-ring (bicyclic) bond motifs is 5. The van der Waals surface area contributed by atoms with E-state index in [2.05, 4.69) is 33.8 Å². The molecule has 0 aliphatic heterocycles. The van der Waals surface area contributed by atoms with Crippen LogP contribution in [-0.2, 0) is 4.79 Å². The van der Waals surface area contributed by atoms with Crippen LogP contribution in [0.2, 0.25) is 0 Å². The lowest BCUT2D eigenvalue weighted by molar-refractivity contribution is -0.132. The van der Waals surface area contributed by atoms with Gasteiger partial charge in [-0.15, -0.1) is 0 Å². The summed E-state index contributed by atoms with van der Waals surface area (Å²) in [5, 5.41) is 0. The Morgan fingerprint density at radius 1 is 1.00 bits per heavy atom. The second kappa shape index (κ2) is 4.71. The molecule has 1 heteroatoms. The lowest BCUT2D eigenvalue weighted by Crippen LogP contribution is -2.51. The Balaban J connectivity index is 1.71. The molecule has 0 spiro atoms. The summed E-state index contributed by atoms with van der Waals surface area (Å²) in [5.74, 6) is 4.46. The van der Waals surface area contributed by atoms with Crippen LogP contribution in [0.25, 0.3) is 0 Å². The van der Waals surface area contributed by atoms with Gasteiger partial charge in [0.15, 0.2) is 0 Å². The van der Waals surface area contributed by atoms with Crippen LogP contribution >= 0.6 is 0 Å². The van der Waals surface area contributed by atoms with E-state index in [9.17, 15) is 4.79 Å². The minimum atomic E-state index is 0.0243. The maximum atomic E-state index is 12.4. The zero-order valence-electron chi connectivity index (χ0n) is 14.8. The van der Waals surface area contributed by atoms with E-state index >= 15 is 0 Å². The van der Waals surface area contributed by atoms with Crippen LogP contribution in [0.1, 0.15) is 72.6 Å². The van der Waals surface area contributed by atoms with Crippen molar-refractivity contribution in [1.82, 2.24) is 0 Å². The number of ketones is 1. The van der Waals surface area contributed by atoms with Crippen LogP contribution in [-0.4, -0.2) is 5.78 Å². The fourth-order valence-corrected chi connectivity index (χ4v) is 7.01. The standard InChI is InChI=1S/C21H32O/c1-13-9-11-20(3)16(14(13)2)6-5-15-17-7-8-19(22)21(17,4)12-10-18(15)20/h6,13-15,17-18H,5,7-12H2,1-4H3/t13?,14?,15-,17-,18+,20-,21-/m0/s1. The van der Waals surface area contributed by atoms with Gasteiger partial charge < -0.3 is 0 Å². The molecule has 22 heavy (non-hydrogen) atoms. The third-order valence-corrected chi connectivity index (χ3v) is 8.70. The molecule has 1 nitrogen and oxygen atoms in total. The highest BCUT2D eigenvalue weighted by Crippen LogP contribution is 2.65. The number of Topliss-reactive ketones (excluding diaryl/α,β-unsaturated/α-hetero) is 1. The van der Waals surface area contributed by atoms with Crippen molar-refractivity contribution in [3.63, 3.8) is 0 Å². The van der Waals surface area contributed by atoms with Crippen molar-refractivity contribution in [3.05, 3.63) is 11.6 Å². The summed E-state index contributed by atoms with van der Waals surface area (Å²) in [5.41, 5.74) is 2.23. The molecule has 3 fully saturated rings. The van der Waals surface area contributed by atoms with Gasteiger partial charge in [0, 0.05) is 11.8 Å². The largest absolute Gasteiger partial charge is 0.299 e. The van der Waals surface area contributed by atoms with Crippen LogP contribution in [0.15, 0.2) is 11.6 Å².